The van der Waals surface area contributed by atoms with Gasteiger partial charge in [-0.15, -0.1) is 0 Å². The first-order valence-electron chi connectivity index (χ1n) is 3.81. The molecule has 0 rings (SSSR count). The van der Waals surface area contributed by atoms with Gasteiger partial charge in [0, 0.05) is 13.2 Å². The Balaban J connectivity index is -0.0000000361. The van der Waals surface area contributed by atoms with Crippen LogP contribution in [0.15, 0.2) is 0 Å². The highest BCUT2D eigenvalue weighted by Crippen LogP contribution is 2.34. The Hall–Kier alpha value is -0.0500. The van der Waals surface area contributed by atoms with Crippen LogP contribution in [0.5, 0.6) is 0 Å². The van der Waals surface area contributed by atoms with Crippen LogP contribution >= 0.6 is 7.82 Å². The van der Waals surface area contributed by atoms with E-state index in [4.69, 9.17) is 20.0 Å². The van der Waals surface area contributed by atoms with Crippen molar-refractivity contribution in [3.63, 3.8) is 0 Å². The van der Waals surface area contributed by atoms with Crippen molar-refractivity contribution in [1.82, 2.24) is 12.3 Å². The molecule has 0 bridgehead atoms. The van der Waals surface area contributed by atoms with Crippen LogP contribution in [-0.2, 0) is 9.09 Å². The lowest BCUT2D eigenvalue weighted by molar-refractivity contribution is 0.206. The van der Waals surface area contributed by atoms with E-state index in [0.29, 0.717) is 0 Å². The van der Waals surface area contributed by atoms with E-state index in [1.807, 2.05) is 0 Å². The van der Waals surface area contributed by atoms with Crippen LogP contribution in [0.2, 0.25) is 0 Å². The van der Waals surface area contributed by atoms with Crippen molar-refractivity contribution in [2.24, 2.45) is 0 Å². The van der Waals surface area contributed by atoms with E-state index < -0.39 is 7.82 Å². The fourth-order valence-electron chi connectivity index (χ4n) is 0.168. The van der Waals surface area contributed by atoms with Gasteiger partial charge in [0.25, 0.3) is 0 Å². The van der Waals surface area contributed by atoms with E-state index in [9.17, 15) is 4.57 Å². The average Bonchev–Trinajstić information content (AvgIpc) is 1.87. The predicted molar refractivity (Wildman–Crippen MR) is 59.2 cm³/mol. The van der Waals surface area contributed by atoms with E-state index >= 15 is 0 Å². The molecule has 15 heavy (non-hydrogen) atoms. The number of phosphoric ester groups is 1. The zero-order valence-corrected chi connectivity index (χ0v) is 10.5. The first-order valence-corrected chi connectivity index (χ1v) is 5.34. The molecule has 0 spiro atoms. The van der Waals surface area contributed by atoms with Gasteiger partial charge in [-0.05, 0) is 20.8 Å². The second-order valence-corrected chi connectivity index (χ2v) is 2.78. The standard InChI is InChI=1S/C2H7O4P.2C2H6O.2H3N/c1-2-6-7(3,4)5;2*1-2-3;;/h2H2,1H3,(H2,3,4,5);2*3H,2H2,1H3;2*1H3. The summed E-state index contributed by atoms with van der Waals surface area (Å²) in [5, 5.41) is 15.1. The molecular weight excluding hydrogens is 227 g/mol. The summed E-state index contributed by atoms with van der Waals surface area (Å²) in [6, 6.07) is 0. The maximum Gasteiger partial charge on any atom is 0.469 e. The summed E-state index contributed by atoms with van der Waals surface area (Å²) < 4.78 is 13.6. The Morgan fingerprint density at radius 1 is 1.00 bits per heavy atom. The van der Waals surface area contributed by atoms with E-state index in [1.165, 1.54) is 6.92 Å². The second-order valence-electron chi connectivity index (χ2n) is 1.54. The summed E-state index contributed by atoms with van der Waals surface area (Å²) >= 11 is 0. The fourth-order valence-corrected chi connectivity index (χ4v) is 0.505. The molecule has 0 aliphatic heterocycles. The number of hydrogen-bond donors (Lipinski definition) is 6. The molecule has 0 unspecified atom stereocenters. The van der Waals surface area contributed by atoms with Crippen molar-refractivity contribution in [2.75, 3.05) is 19.8 Å². The van der Waals surface area contributed by atoms with Crippen molar-refractivity contribution < 1.29 is 29.1 Å². The SMILES string of the molecule is CCO.CCO.CCOP(=O)(O)O.N.N. The van der Waals surface area contributed by atoms with E-state index in [0.717, 1.165) is 0 Å². The third kappa shape index (κ3) is 128. The first kappa shape index (κ1) is 29.4. The quantitative estimate of drug-likeness (QED) is 0.383. The lowest BCUT2D eigenvalue weighted by Gasteiger charge is -1.98. The van der Waals surface area contributed by atoms with Crippen molar-refractivity contribution in [1.29, 1.82) is 0 Å². The van der Waals surface area contributed by atoms with Gasteiger partial charge in [0.2, 0.25) is 0 Å². The molecule has 0 aliphatic rings. The Bertz CT molecular complexity index is 118. The van der Waals surface area contributed by atoms with Gasteiger partial charge in [0.15, 0.2) is 0 Å². The third-order valence-electron chi connectivity index (χ3n) is 0.297. The number of aliphatic hydroxyl groups excluding tert-OH is 2. The van der Waals surface area contributed by atoms with Gasteiger partial charge in [-0.25, -0.2) is 4.57 Å². The molecule has 0 aromatic carbocycles. The number of rotatable bonds is 2. The van der Waals surface area contributed by atoms with Gasteiger partial charge in [-0.2, -0.15) is 0 Å². The third-order valence-corrected chi connectivity index (χ3v) is 0.892. The van der Waals surface area contributed by atoms with Gasteiger partial charge in [-0.1, -0.05) is 0 Å². The summed E-state index contributed by atoms with van der Waals surface area (Å²) in [7, 11) is -4.17. The average molecular weight is 252 g/mol. The molecule has 0 atom stereocenters. The summed E-state index contributed by atoms with van der Waals surface area (Å²) in [4.78, 5) is 15.8. The lowest BCUT2D eigenvalue weighted by Crippen LogP contribution is -1.84. The zero-order chi connectivity index (χ0) is 11.3. The molecule has 0 radical (unpaired) electrons. The van der Waals surface area contributed by atoms with Gasteiger partial charge in [0.05, 0.1) is 6.61 Å². The van der Waals surface area contributed by atoms with Gasteiger partial charge in [-0.3, -0.25) is 4.52 Å². The number of aliphatic hydroxyl groups is 2. The number of hydrogen-bond acceptors (Lipinski definition) is 6. The largest absolute Gasteiger partial charge is 0.469 e. The molecule has 9 heteroatoms. The summed E-state index contributed by atoms with van der Waals surface area (Å²) in [6.07, 6.45) is 0. The molecule has 10 N–H and O–H groups in total. The van der Waals surface area contributed by atoms with E-state index in [1.54, 1.807) is 13.8 Å². The molecule has 0 heterocycles. The molecule has 0 aromatic heterocycles. The molecule has 0 saturated carbocycles. The maximum absolute atomic E-state index is 9.70. The molecule has 0 aromatic rings. The highest BCUT2D eigenvalue weighted by Gasteiger charge is 2.10. The van der Waals surface area contributed by atoms with Crippen LogP contribution in [0, 0.1) is 0 Å². The summed E-state index contributed by atoms with van der Waals surface area (Å²) in [5.41, 5.74) is 0. The van der Waals surface area contributed by atoms with Gasteiger partial charge in [0.1, 0.15) is 0 Å². The van der Waals surface area contributed by atoms with Crippen molar-refractivity contribution in [2.45, 2.75) is 20.8 Å². The van der Waals surface area contributed by atoms with E-state index in [-0.39, 0.29) is 32.1 Å². The number of phosphoric acid groups is 1. The lowest BCUT2D eigenvalue weighted by atomic mass is 10.9. The molecular formula is C6H25N2O6P. The maximum atomic E-state index is 9.70. The first-order chi connectivity index (χ1) is 5.89. The molecule has 0 fully saturated rings. The zero-order valence-electron chi connectivity index (χ0n) is 9.59. The molecule has 8 nitrogen and oxygen atoms in total. The minimum Gasteiger partial charge on any atom is -0.397 e. The van der Waals surface area contributed by atoms with Gasteiger partial charge >= 0.3 is 7.82 Å². The highest BCUT2D eigenvalue weighted by atomic mass is 31.2. The normalized spacial score (nSPS) is 7.93. The fraction of sp³-hybridized carbons (Fsp3) is 1.00. The minimum atomic E-state index is -4.17. The smallest absolute Gasteiger partial charge is 0.397 e. The Morgan fingerprint density at radius 3 is 1.20 bits per heavy atom. The Morgan fingerprint density at radius 2 is 1.20 bits per heavy atom. The van der Waals surface area contributed by atoms with Crippen molar-refractivity contribution in [3.05, 3.63) is 0 Å². The van der Waals surface area contributed by atoms with Crippen LogP contribution in [0.4, 0.5) is 0 Å². The van der Waals surface area contributed by atoms with Gasteiger partial charge < -0.3 is 32.3 Å². The molecule has 100 valence electrons. The van der Waals surface area contributed by atoms with E-state index in [2.05, 4.69) is 4.52 Å². The minimum absolute atomic E-state index is 0. The van der Waals surface area contributed by atoms with Crippen LogP contribution in [-0.4, -0.2) is 39.8 Å². The highest BCUT2D eigenvalue weighted by molar-refractivity contribution is 7.46. The Labute approximate surface area is 90.7 Å². The van der Waals surface area contributed by atoms with Crippen LogP contribution in [0.1, 0.15) is 20.8 Å². The van der Waals surface area contributed by atoms with Crippen molar-refractivity contribution in [3.8, 4) is 0 Å². The topological polar surface area (TPSA) is 177 Å². The van der Waals surface area contributed by atoms with Crippen LogP contribution < -0.4 is 12.3 Å². The molecule has 0 saturated heterocycles. The molecule has 0 amide bonds. The van der Waals surface area contributed by atoms with Crippen LogP contribution in [0.25, 0.3) is 0 Å². The molecule has 0 aliphatic carbocycles. The summed E-state index contributed by atoms with van der Waals surface area (Å²) in [5.74, 6) is 0. The van der Waals surface area contributed by atoms with Crippen molar-refractivity contribution >= 4 is 7.82 Å². The second kappa shape index (κ2) is 23.6. The van der Waals surface area contributed by atoms with Crippen LogP contribution in [0.3, 0.4) is 0 Å². The Kier molecular flexibility index (Phi) is 46.3. The monoisotopic (exact) mass is 252 g/mol. The predicted octanol–water partition coefficient (Wildman–Crippen LogP) is 0.437. The summed E-state index contributed by atoms with van der Waals surface area (Å²) in [6.45, 7) is 5.42.